The summed E-state index contributed by atoms with van der Waals surface area (Å²) in [6.07, 6.45) is 8.72. The lowest BCUT2D eigenvalue weighted by Crippen LogP contribution is -2.38. The van der Waals surface area contributed by atoms with Crippen LogP contribution < -0.4 is 5.32 Å². The van der Waals surface area contributed by atoms with Gasteiger partial charge in [0, 0.05) is 19.5 Å². The lowest BCUT2D eigenvalue weighted by Gasteiger charge is -2.30. The molecule has 3 nitrogen and oxygen atoms in total. The van der Waals surface area contributed by atoms with E-state index in [4.69, 9.17) is 0 Å². The number of nitrogens with zero attached hydrogens (tertiary/aromatic N) is 1. The lowest BCUT2D eigenvalue weighted by atomic mass is 9.85. The van der Waals surface area contributed by atoms with E-state index < -0.39 is 0 Å². The van der Waals surface area contributed by atoms with Crippen LogP contribution in [0.5, 0.6) is 0 Å². The van der Waals surface area contributed by atoms with Crippen molar-refractivity contribution in [3.8, 4) is 0 Å². The highest BCUT2D eigenvalue weighted by molar-refractivity contribution is 5.85. The third-order valence-electron chi connectivity index (χ3n) is 5.34. The fourth-order valence-electron chi connectivity index (χ4n) is 3.44. The fraction of sp³-hybridized carbons (Fsp3) is 0.941. The fourth-order valence-corrected chi connectivity index (χ4v) is 3.44. The van der Waals surface area contributed by atoms with Crippen molar-refractivity contribution in [2.45, 2.75) is 51.9 Å². The first-order chi connectivity index (χ1) is 9.72. The predicted molar refractivity (Wildman–Crippen MR) is 88.7 cm³/mol. The molecule has 2 unspecified atom stereocenters. The summed E-state index contributed by atoms with van der Waals surface area (Å²) >= 11 is 0. The minimum Gasteiger partial charge on any atom is -0.342 e. The number of carbonyl (C=O) groups is 1. The number of amides is 1. The van der Waals surface area contributed by atoms with Crippen molar-refractivity contribution in [1.82, 2.24) is 10.2 Å². The first-order valence-corrected chi connectivity index (χ1v) is 8.71. The molecule has 2 saturated carbocycles. The van der Waals surface area contributed by atoms with Crippen molar-refractivity contribution in [2.75, 3.05) is 26.2 Å². The van der Waals surface area contributed by atoms with Crippen LogP contribution in [0.4, 0.5) is 0 Å². The van der Waals surface area contributed by atoms with E-state index in [1.807, 2.05) is 0 Å². The monoisotopic (exact) mass is 314 g/mol. The second-order valence-corrected chi connectivity index (χ2v) is 7.47. The van der Waals surface area contributed by atoms with E-state index in [1.165, 1.54) is 38.5 Å². The summed E-state index contributed by atoms with van der Waals surface area (Å²) < 4.78 is 0. The summed E-state index contributed by atoms with van der Waals surface area (Å²) in [6.45, 7) is 6.64. The molecule has 4 heteroatoms. The standard InChI is InChI=1S/C17H30N2O.ClH/c1-13(16-3-2-8-18-10-16)9-17(20)19(11-14-4-5-14)12-15-6-7-15;/h13-16,18H,2-12H2,1H3;1H. The Bertz CT molecular complexity index is 322. The van der Waals surface area contributed by atoms with Crippen molar-refractivity contribution in [2.24, 2.45) is 23.7 Å². The molecule has 122 valence electrons. The van der Waals surface area contributed by atoms with Gasteiger partial charge in [-0.15, -0.1) is 12.4 Å². The molecule has 3 fully saturated rings. The van der Waals surface area contributed by atoms with Crippen LogP contribution in [0.25, 0.3) is 0 Å². The molecule has 21 heavy (non-hydrogen) atoms. The van der Waals surface area contributed by atoms with Crippen LogP contribution in [0.1, 0.15) is 51.9 Å². The maximum absolute atomic E-state index is 12.6. The molecule has 0 aromatic rings. The van der Waals surface area contributed by atoms with Crippen LogP contribution in [0, 0.1) is 23.7 Å². The lowest BCUT2D eigenvalue weighted by molar-refractivity contribution is -0.133. The zero-order chi connectivity index (χ0) is 13.9. The van der Waals surface area contributed by atoms with Crippen LogP contribution in [0.15, 0.2) is 0 Å². The van der Waals surface area contributed by atoms with E-state index in [0.717, 1.165) is 44.4 Å². The van der Waals surface area contributed by atoms with Gasteiger partial charge in [0.25, 0.3) is 0 Å². The molecule has 1 heterocycles. The second kappa shape index (κ2) is 7.82. The summed E-state index contributed by atoms with van der Waals surface area (Å²) in [5, 5.41) is 3.48. The van der Waals surface area contributed by atoms with Crippen LogP contribution in [-0.4, -0.2) is 37.0 Å². The highest BCUT2D eigenvalue weighted by Gasteiger charge is 2.32. The third-order valence-corrected chi connectivity index (χ3v) is 5.34. The Kier molecular flexibility index (Phi) is 6.36. The molecule has 2 aliphatic carbocycles. The molecule has 1 amide bonds. The van der Waals surface area contributed by atoms with Gasteiger partial charge in [-0.25, -0.2) is 0 Å². The number of carbonyl (C=O) groups excluding carboxylic acids is 1. The van der Waals surface area contributed by atoms with Gasteiger partial charge < -0.3 is 10.2 Å². The molecule has 0 aromatic carbocycles. The smallest absolute Gasteiger partial charge is 0.222 e. The normalized spacial score (nSPS) is 26.8. The number of hydrogen-bond donors (Lipinski definition) is 1. The largest absolute Gasteiger partial charge is 0.342 e. The maximum atomic E-state index is 12.6. The molecule has 3 rings (SSSR count). The van der Waals surface area contributed by atoms with Crippen molar-refractivity contribution >= 4 is 18.3 Å². The van der Waals surface area contributed by atoms with Crippen LogP contribution in [0.2, 0.25) is 0 Å². The second-order valence-electron chi connectivity index (χ2n) is 7.47. The zero-order valence-electron chi connectivity index (χ0n) is 13.4. The number of nitrogens with one attached hydrogen (secondary N) is 1. The minimum atomic E-state index is 0. The molecule has 0 radical (unpaired) electrons. The van der Waals surface area contributed by atoms with Gasteiger partial charge in [0.05, 0.1) is 0 Å². The van der Waals surface area contributed by atoms with E-state index in [0.29, 0.717) is 17.7 Å². The average Bonchev–Trinajstić information content (AvgIpc) is 3.34. The molecular weight excluding hydrogens is 284 g/mol. The maximum Gasteiger partial charge on any atom is 0.222 e. The zero-order valence-corrected chi connectivity index (χ0v) is 14.2. The van der Waals surface area contributed by atoms with Gasteiger partial charge in [0.15, 0.2) is 0 Å². The minimum absolute atomic E-state index is 0. The van der Waals surface area contributed by atoms with Gasteiger partial charge in [-0.1, -0.05) is 6.92 Å². The van der Waals surface area contributed by atoms with Gasteiger partial charge in [-0.05, 0) is 75.3 Å². The van der Waals surface area contributed by atoms with Gasteiger partial charge in [0.2, 0.25) is 5.91 Å². The Morgan fingerprint density at radius 3 is 2.24 bits per heavy atom. The van der Waals surface area contributed by atoms with Gasteiger partial charge >= 0.3 is 0 Å². The van der Waals surface area contributed by atoms with Crippen LogP contribution in [0.3, 0.4) is 0 Å². The Labute approximate surface area is 135 Å². The summed E-state index contributed by atoms with van der Waals surface area (Å²) in [7, 11) is 0. The molecule has 1 aliphatic heterocycles. The number of piperidine rings is 1. The number of rotatable bonds is 7. The highest BCUT2D eigenvalue weighted by Crippen LogP contribution is 2.34. The average molecular weight is 315 g/mol. The molecule has 1 saturated heterocycles. The Balaban J connectivity index is 0.00000161. The molecule has 3 aliphatic rings. The number of halogens is 1. The van der Waals surface area contributed by atoms with Gasteiger partial charge in [-0.3, -0.25) is 4.79 Å². The van der Waals surface area contributed by atoms with Crippen molar-refractivity contribution in [3.63, 3.8) is 0 Å². The SMILES string of the molecule is CC(CC(=O)N(CC1CC1)CC1CC1)C1CCCNC1.Cl. The van der Waals surface area contributed by atoms with Crippen molar-refractivity contribution in [3.05, 3.63) is 0 Å². The quantitative estimate of drug-likeness (QED) is 0.783. The molecule has 0 bridgehead atoms. The molecule has 0 aromatic heterocycles. The number of hydrogen-bond acceptors (Lipinski definition) is 2. The first kappa shape index (κ1) is 17.1. The molecule has 2 atom stereocenters. The topological polar surface area (TPSA) is 32.3 Å². The van der Waals surface area contributed by atoms with Crippen LogP contribution >= 0.6 is 12.4 Å². The van der Waals surface area contributed by atoms with Crippen LogP contribution in [-0.2, 0) is 4.79 Å². The Morgan fingerprint density at radius 2 is 1.76 bits per heavy atom. The summed E-state index contributed by atoms with van der Waals surface area (Å²) in [4.78, 5) is 14.8. The van der Waals surface area contributed by atoms with E-state index in [-0.39, 0.29) is 12.4 Å². The van der Waals surface area contributed by atoms with E-state index >= 15 is 0 Å². The summed E-state index contributed by atoms with van der Waals surface area (Å²) in [5.41, 5.74) is 0. The van der Waals surface area contributed by atoms with E-state index in [2.05, 4.69) is 17.1 Å². The summed E-state index contributed by atoms with van der Waals surface area (Å²) in [6, 6.07) is 0. The predicted octanol–water partition coefficient (Wildman–Crippen LogP) is 3.08. The Morgan fingerprint density at radius 1 is 1.14 bits per heavy atom. The highest BCUT2D eigenvalue weighted by atomic mass is 35.5. The summed E-state index contributed by atoms with van der Waals surface area (Å²) in [5.74, 6) is 3.32. The third kappa shape index (κ3) is 5.45. The van der Waals surface area contributed by atoms with Crippen molar-refractivity contribution < 1.29 is 4.79 Å². The van der Waals surface area contributed by atoms with Gasteiger partial charge in [-0.2, -0.15) is 0 Å². The molecule has 0 spiro atoms. The van der Waals surface area contributed by atoms with Gasteiger partial charge in [0.1, 0.15) is 0 Å². The van der Waals surface area contributed by atoms with Crippen molar-refractivity contribution in [1.29, 1.82) is 0 Å². The first-order valence-electron chi connectivity index (χ1n) is 8.71. The van der Waals surface area contributed by atoms with E-state index in [9.17, 15) is 4.79 Å². The van der Waals surface area contributed by atoms with E-state index in [1.54, 1.807) is 0 Å². The Hall–Kier alpha value is -0.280. The molecule has 1 N–H and O–H groups in total. The molecular formula is C17H31ClN2O.